The van der Waals surface area contributed by atoms with Gasteiger partial charge in [-0.1, -0.05) is 26.8 Å². The van der Waals surface area contributed by atoms with Crippen molar-refractivity contribution in [3.05, 3.63) is 29.5 Å². The quantitative estimate of drug-likeness (QED) is 0.912. The van der Waals surface area contributed by atoms with Gasteiger partial charge in [0, 0.05) is 12.0 Å². The average Bonchev–Trinajstić information content (AvgIpc) is 2.78. The van der Waals surface area contributed by atoms with Gasteiger partial charge < -0.3 is 14.9 Å². The highest BCUT2D eigenvalue weighted by Crippen LogP contribution is 2.35. The largest absolute Gasteiger partial charge is 0.496 e. The van der Waals surface area contributed by atoms with Crippen molar-refractivity contribution in [3.8, 4) is 17.0 Å². The fourth-order valence-electron chi connectivity index (χ4n) is 2.08. The Labute approximate surface area is 113 Å². The summed E-state index contributed by atoms with van der Waals surface area (Å²) >= 11 is 0. The Morgan fingerprint density at radius 2 is 2.11 bits per heavy atom. The van der Waals surface area contributed by atoms with Crippen LogP contribution in [0.3, 0.4) is 0 Å². The van der Waals surface area contributed by atoms with Crippen molar-refractivity contribution in [3.63, 3.8) is 0 Å². The number of rotatable bonds is 4. The number of nitrogens with two attached hydrogens (primary N) is 1. The topological polar surface area (TPSA) is 61.3 Å². The highest BCUT2D eigenvalue weighted by molar-refractivity contribution is 5.70. The lowest BCUT2D eigenvalue weighted by atomic mass is 9.99. The van der Waals surface area contributed by atoms with Gasteiger partial charge in [-0.25, -0.2) is 0 Å². The summed E-state index contributed by atoms with van der Waals surface area (Å²) in [7, 11) is 1.66. The molecule has 0 saturated heterocycles. The molecule has 0 atom stereocenters. The fraction of sp³-hybridized carbons (Fsp3) is 0.400. The van der Waals surface area contributed by atoms with E-state index in [1.54, 1.807) is 7.11 Å². The predicted molar refractivity (Wildman–Crippen MR) is 76.4 cm³/mol. The molecule has 0 aliphatic heterocycles. The Hall–Kier alpha value is -1.97. The van der Waals surface area contributed by atoms with Crippen LogP contribution in [0.2, 0.25) is 0 Å². The van der Waals surface area contributed by atoms with E-state index in [9.17, 15) is 0 Å². The molecule has 0 radical (unpaired) electrons. The maximum atomic E-state index is 5.64. The van der Waals surface area contributed by atoms with Crippen molar-refractivity contribution >= 4 is 6.01 Å². The molecule has 0 saturated carbocycles. The third-order valence-electron chi connectivity index (χ3n) is 3.18. The molecule has 0 amide bonds. The van der Waals surface area contributed by atoms with Crippen LogP contribution in [-0.4, -0.2) is 12.1 Å². The van der Waals surface area contributed by atoms with Crippen LogP contribution in [0.15, 0.2) is 22.6 Å². The van der Waals surface area contributed by atoms with E-state index in [1.807, 2.05) is 19.1 Å². The van der Waals surface area contributed by atoms with E-state index in [0.717, 1.165) is 29.2 Å². The second kappa shape index (κ2) is 5.34. The number of aromatic nitrogens is 1. The van der Waals surface area contributed by atoms with Crippen LogP contribution in [0.4, 0.5) is 6.01 Å². The molecule has 2 rings (SSSR count). The molecular formula is C15H20N2O2. The minimum atomic E-state index is 0.196. The number of aryl methyl sites for hydroxylation is 1. The van der Waals surface area contributed by atoms with Crippen LogP contribution in [0.25, 0.3) is 11.3 Å². The molecule has 19 heavy (non-hydrogen) atoms. The molecule has 0 fully saturated rings. The number of benzene rings is 1. The van der Waals surface area contributed by atoms with Gasteiger partial charge in [0.2, 0.25) is 0 Å². The van der Waals surface area contributed by atoms with Gasteiger partial charge in [-0.05, 0) is 23.6 Å². The summed E-state index contributed by atoms with van der Waals surface area (Å²) in [6.07, 6.45) is 0.745. The molecule has 4 nitrogen and oxygen atoms in total. The van der Waals surface area contributed by atoms with Gasteiger partial charge in [-0.3, -0.25) is 0 Å². The van der Waals surface area contributed by atoms with Crippen LogP contribution in [0, 0.1) is 0 Å². The van der Waals surface area contributed by atoms with Gasteiger partial charge >= 0.3 is 0 Å². The minimum Gasteiger partial charge on any atom is -0.496 e. The third-order valence-corrected chi connectivity index (χ3v) is 3.18. The lowest BCUT2D eigenvalue weighted by Crippen LogP contribution is -1.94. The standard InChI is InChI=1S/C15H20N2O2/c1-5-12-14(17-15(16)19-12)11-7-6-10(9(2)3)8-13(11)18-4/h6-9H,5H2,1-4H3,(H2,16,17). The highest BCUT2D eigenvalue weighted by Gasteiger charge is 2.17. The number of anilines is 1. The monoisotopic (exact) mass is 260 g/mol. The Morgan fingerprint density at radius 3 is 2.68 bits per heavy atom. The van der Waals surface area contributed by atoms with E-state index < -0.39 is 0 Å². The van der Waals surface area contributed by atoms with Crippen molar-refractivity contribution in [1.82, 2.24) is 4.98 Å². The summed E-state index contributed by atoms with van der Waals surface area (Å²) < 4.78 is 10.9. The van der Waals surface area contributed by atoms with Gasteiger partial charge in [0.1, 0.15) is 17.2 Å². The zero-order valence-corrected chi connectivity index (χ0v) is 11.9. The van der Waals surface area contributed by atoms with Crippen molar-refractivity contribution in [1.29, 1.82) is 0 Å². The van der Waals surface area contributed by atoms with E-state index in [4.69, 9.17) is 14.9 Å². The van der Waals surface area contributed by atoms with Crippen LogP contribution >= 0.6 is 0 Å². The Bertz CT molecular complexity index is 574. The van der Waals surface area contributed by atoms with Crippen molar-refractivity contribution in [2.24, 2.45) is 0 Å². The molecule has 1 aromatic carbocycles. The second-order valence-corrected chi connectivity index (χ2v) is 4.79. The highest BCUT2D eigenvalue weighted by atomic mass is 16.5. The van der Waals surface area contributed by atoms with E-state index in [0.29, 0.717) is 5.92 Å². The lowest BCUT2D eigenvalue weighted by Gasteiger charge is -2.11. The molecule has 102 valence electrons. The zero-order chi connectivity index (χ0) is 14.0. The van der Waals surface area contributed by atoms with Gasteiger partial charge in [0.25, 0.3) is 6.01 Å². The fourth-order valence-corrected chi connectivity index (χ4v) is 2.08. The Kier molecular flexibility index (Phi) is 3.79. The Morgan fingerprint density at radius 1 is 1.37 bits per heavy atom. The number of hydrogen-bond donors (Lipinski definition) is 1. The SMILES string of the molecule is CCc1oc(N)nc1-c1ccc(C(C)C)cc1OC. The average molecular weight is 260 g/mol. The number of ether oxygens (including phenoxy) is 1. The smallest absolute Gasteiger partial charge is 0.292 e. The molecule has 4 heteroatoms. The molecular weight excluding hydrogens is 240 g/mol. The van der Waals surface area contributed by atoms with Crippen molar-refractivity contribution in [2.45, 2.75) is 33.1 Å². The molecule has 0 aliphatic rings. The molecule has 2 aromatic rings. The summed E-state index contributed by atoms with van der Waals surface area (Å²) in [4.78, 5) is 4.27. The molecule has 2 N–H and O–H groups in total. The summed E-state index contributed by atoms with van der Waals surface area (Å²) in [5.74, 6) is 2.04. The first-order valence-electron chi connectivity index (χ1n) is 6.50. The maximum absolute atomic E-state index is 5.64. The van der Waals surface area contributed by atoms with Gasteiger partial charge in [0.05, 0.1) is 7.11 Å². The van der Waals surface area contributed by atoms with Crippen molar-refractivity contribution < 1.29 is 9.15 Å². The summed E-state index contributed by atoms with van der Waals surface area (Å²) in [6.45, 7) is 6.32. The first kappa shape index (κ1) is 13.5. The number of methoxy groups -OCH3 is 1. The molecule has 0 bridgehead atoms. The van der Waals surface area contributed by atoms with Crippen molar-refractivity contribution in [2.75, 3.05) is 12.8 Å². The van der Waals surface area contributed by atoms with Gasteiger partial charge in [-0.15, -0.1) is 0 Å². The second-order valence-electron chi connectivity index (χ2n) is 4.79. The summed E-state index contributed by atoms with van der Waals surface area (Å²) in [5.41, 5.74) is 8.57. The van der Waals surface area contributed by atoms with Crippen LogP contribution in [0.5, 0.6) is 5.75 Å². The maximum Gasteiger partial charge on any atom is 0.292 e. The molecule has 0 aliphatic carbocycles. The first-order chi connectivity index (χ1) is 9.06. The summed E-state index contributed by atoms with van der Waals surface area (Å²) in [6, 6.07) is 6.35. The van der Waals surface area contributed by atoms with E-state index in [1.165, 1.54) is 5.56 Å². The number of hydrogen-bond acceptors (Lipinski definition) is 4. The lowest BCUT2D eigenvalue weighted by molar-refractivity contribution is 0.415. The number of nitrogen functional groups attached to an aromatic ring is 1. The molecule has 0 spiro atoms. The zero-order valence-electron chi connectivity index (χ0n) is 11.9. The van der Waals surface area contributed by atoms with E-state index in [2.05, 4.69) is 24.9 Å². The van der Waals surface area contributed by atoms with E-state index >= 15 is 0 Å². The van der Waals surface area contributed by atoms with Gasteiger partial charge in [0.15, 0.2) is 0 Å². The predicted octanol–water partition coefficient (Wildman–Crippen LogP) is 3.62. The van der Waals surface area contributed by atoms with E-state index in [-0.39, 0.29) is 6.01 Å². The Balaban J connectivity index is 2.55. The molecule has 1 aromatic heterocycles. The van der Waals surface area contributed by atoms with Gasteiger partial charge in [-0.2, -0.15) is 4.98 Å². The molecule has 1 heterocycles. The van der Waals surface area contributed by atoms with Crippen LogP contribution < -0.4 is 10.5 Å². The minimum absolute atomic E-state index is 0.196. The first-order valence-corrected chi connectivity index (χ1v) is 6.50. The summed E-state index contributed by atoms with van der Waals surface area (Å²) in [5, 5.41) is 0. The normalized spacial score (nSPS) is 11.0. The van der Waals surface area contributed by atoms with Crippen LogP contribution in [-0.2, 0) is 6.42 Å². The third kappa shape index (κ3) is 2.57. The van der Waals surface area contributed by atoms with Crippen LogP contribution in [0.1, 0.15) is 38.0 Å². The molecule has 0 unspecified atom stereocenters. The number of nitrogens with zero attached hydrogens (tertiary/aromatic N) is 1. The number of oxazole rings is 1.